The van der Waals surface area contributed by atoms with Crippen LogP contribution >= 0.6 is 0 Å². The third-order valence-corrected chi connectivity index (χ3v) is 3.11. The molecule has 0 aliphatic rings. The van der Waals surface area contributed by atoms with E-state index in [1.165, 1.54) is 0 Å². The Labute approximate surface area is 98.6 Å². The van der Waals surface area contributed by atoms with E-state index in [1.807, 2.05) is 13.8 Å². The van der Waals surface area contributed by atoms with Gasteiger partial charge < -0.3 is 16.2 Å². The molecular formula is C12H26N2O2. The van der Waals surface area contributed by atoms with Gasteiger partial charge in [0.1, 0.15) is 0 Å². The topological polar surface area (TPSA) is 75.4 Å². The third kappa shape index (κ3) is 5.47. The summed E-state index contributed by atoms with van der Waals surface area (Å²) in [7, 11) is 0. The second-order valence-electron chi connectivity index (χ2n) is 4.40. The molecule has 0 spiro atoms. The lowest BCUT2D eigenvalue weighted by Crippen LogP contribution is -2.47. The molecule has 0 bridgehead atoms. The molecule has 0 aromatic heterocycles. The summed E-state index contributed by atoms with van der Waals surface area (Å²) in [6.07, 6.45) is 3.97. The number of unbranched alkanes of at least 4 members (excludes halogenated alkanes) is 1. The fourth-order valence-corrected chi connectivity index (χ4v) is 1.44. The minimum Gasteiger partial charge on any atom is -0.388 e. The maximum Gasteiger partial charge on any atom is 0.237 e. The van der Waals surface area contributed by atoms with E-state index in [0.717, 1.165) is 12.8 Å². The highest BCUT2D eigenvalue weighted by molar-refractivity contribution is 5.81. The first-order valence-corrected chi connectivity index (χ1v) is 6.24. The first kappa shape index (κ1) is 15.4. The summed E-state index contributed by atoms with van der Waals surface area (Å²) in [5, 5.41) is 12.7. The quantitative estimate of drug-likeness (QED) is 0.586. The number of carbonyl (C=O) groups excluding carboxylic acids is 1. The minimum absolute atomic E-state index is 0.159. The summed E-state index contributed by atoms with van der Waals surface area (Å²) in [5.74, 6) is -0.159. The van der Waals surface area contributed by atoms with Gasteiger partial charge in [-0.05, 0) is 19.3 Å². The van der Waals surface area contributed by atoms with Gasteiger partial charge in [0, 0.05) is 6.54 Å². The number of amides is 1. The minimum atomic E-state index is -0.792. The van der Waals surface area contributed by atoms with Crippen LogP contribution in [0.4, 0.5) is 0 Å². The van der Waals surface area contributed by atoms with E-state index in [1.54, 1.807) is 0 Å². The van der Waals surface area contributed by atoms with E-state index in [-0.39, 0.29) is 5.91 Å². The largest absolute Gasteiger partial charge is 0.388 e. The van der Waals surface area contributed by atoms with Crippen LogP contribution in [0.2, 0.25) is 0 Å². The van der Waals surface area contributed by atoms with Crippen molar-refractivity contribution in [2.45, 2.75) is 64.5 Å². The van der Waals surface area contributed by atoms with E-state index >= 15 is 0 Å². The van der Waals surface area contributed by atoms with Crippen molar-refractivity contribution in [1.29, 1.82) is 0 Å². The summed E-state index contributed by atoms with van der Waals surface area (Å²) in [4.78, 5) is 11.6. The Balaban J connectivity index is 3.96. The number of hydrogen-bond acceptors (Lipinski definition) is 3. The number of carbonyl (C=O) groups is 1. The van der Waals surface area contributed by atoms with Crippen molar-refractivity contribution in [2.24, 2.45) is 5.73 Å². The van der Waals surface area contributed by atoms with Crippen LogP contribution in [-0.4, -0.2) is 29.2 Å². The van der Waals surface area contributed by atoms with Gasteiger partial charge in [0.25, 0.3) is 0 Å². The first-order chi connectivity index (χ1) is 7.49. The molecule has 0 heterocycles. The molecule has 1 atom stereocenters. The van der Waals surface area contributed by atoms with Crippen LogP contribution < -0.4 is 11.1 Å². The van der Waals surface area contributed by atoms with Crippen LogP contribution in [0.15, 0.2) is 0 Å². The summed E-state index contributed by atoms with van der Waals surface area (Å²) in [6, 6.07) is -0.446. The van der Waals surface area contributed by atoms with Gasteiger partial charge in [0.05, 0.1) is 11.6 Å². The highest BCUT2D eigenvalue weighted by atomic mass is 16.3. The van der Waals surface area contributed by atoms with Crippen molar-refractivity contribution in [1.82, 2.24) is 5.32 Å². The van der Waals surface area contributed by atoms with Gasteiger partial charge >= 0.3 is 0 Å². The summed E-state index contributed by atoms with van der Waals surface area (Å²) in [6.45, 7) is 6.18. The average Bonchev–Trinajstić information content (AvgIpc) is 2.32. The van der Waals surface area contributed by atoms with E-state index < -0.39 is 11.6 Å². The first-order valence-electron chi connectivity index (χ1n) is 6.24. The standard InChI is InChI=1S/C12H26N2O2/c1-4-7-8-10(13)11(15)14-9-12(16,5-2)6-3/h10,16H,4-9,13H2,1-3H3,(H,14,15)/t10-/m0/s1. The molecule has 0 rings (SSSR count). The van der Waals surface area contributed by atoms with Crippen LogP contribution in [-0.2, 0) is 4.79 Å². The van der Waals surface area contributed by atoms with Gasteiger partial charge in [0.2, 0.25) is 5.91 Å². The molecular weight excluding hydrogens is 204 g/mol. The van der Waals surface area contributed by atoms with Crippen molar-refractivity contribution in [3.63, 3.8) is 0 Å². The molecule has 0 radical (unpaired) electrons. The van der Waals surface area contributed by atoms with Crippen LogP contribution in [0.1, 0.15) is 52.9 Å². The van der Waals surface area contributed by atoms with Crippen molar-refractivity contribution in [3.8, 4) is 0 Å². The van der Waals surface area contributed by atoms with E-state index in [9.17, 15) is 9.90 Å². The number of rotatable bonds is 8. The molecule has 0 unspecified atom stereocenters. The molecule has 0 saturated carbocycles. The molecule has 0 aromatic carbocycles. The maximum absolute atomic E-state index is 11.6. The van der Waals surface area contributed by atoms with Crippen LogP contribution in [0, 0.1) is 0 Å². The van der Waals surface area contributed by atoms with E-state index in [2.05, 4.69) is 12.2 Å². The monoisotopic (exact) mass is 230 g/mol. The summed E-state index contributed by atoms with van der Waals surface area (Å²) in [5.41, 5.74) is 4.93. The molecule has 0 aromatic rings. The Morgan fingerprint density at radius 2 is 1.94 bits per heavy atom. The maximum atomic E-state index is 11.6. The number of aliphatic hydroxyl groups is 1. The van der Waals surface area contributed by atoms with Gasteiger partial charge in [0.15, 0.2) is 0 Å². The Bertz CT molecular complexity index is 203. The molecule has 0 fully saturated rings. The highest BCUT2D eigenvalue weighted by Gasteiger charge is 2.23. The summed E-state index contributed by atoms with van der Waals surface area (Å²) < 4.78 is 0. The SMILES string of the molecule is CCCC[C@H](N)C(=O)NCC(O)(CC)CC. The molecule has 96 valence electrons. The molecule has 4 nitrogen and oxygen atoms in total. The fourth-order valence-electron chi connectivity index (χ4n) is 1.44. The van der Waals surface area contributed by atoms with Crippen LogP contribution in [0.5, 0.6) is 0 Å². The van der Waals surface area contributed by atoms with Crippen molar-refractivity contribution in [3.05, 3.63) is 0 Å². The van der Waals surface area contributed by atoms with Crippen LogP contribution in [0.3, 0.4) is 0 Å². The third-order valence-electron chi connectivity index (χ3n) is 3.11. The van der Waals surface area contributed by atoms with Crippen molar-refractivity contribution < 1.29 is 9.90 Å². The zero-order valence-electron chi connectivity index (χ0n) is 10.8. The molecule has 1 amide bonds. The van der Waals surface area contributed by atoms with Gasteiger partial charge in [-0.2, -0.15) is 0 Å². The van der Waals surface area contributed by atoms with Crippen molar-refractivity contribution >= 4 is 5.91 Å². The van der Waals surface area contributed by atoms with Gasteiger partial charge in [-0.25, -0.2) is 0 Å². The zero-order chi connectivity index (χ0) is 12.6. The Hall–Kier alpha value is -0.610. The molecule has 0 aliphatic carbocycles. The predicted octanol–water partition coefficient (Wildman–Crippen LogP) is 1.17. The number of nitrogens with one attached hydrogen (secondary N) is 1. The van der Waals surface area contributed by atoms with Gasteiger partial charge in [-0.15, -0.1) is 0 Å². The molecule has 0 saturated heterocycles. The predicted molar refractivity (Wildman–Crippen MR) is 66.0 cm³/mol. The number of nitrogens with two attached hydrogens (primary N) is 1. The lowest BCUT2D eigenvalue weighted by molar-refractivity contribution is -0.123. The lowest BCUT2D eigenvalue weighted by Gasteiger charge is -2.26. The molecule has 4 heteroatoms. The van der Waals surface area contributed by atoms with Crippen LogP contribution in [0.25, 0.3) is 0 Å². The lowest BCUT2D eigenvalue weighted by atomic mass is 9.97. The Morgan fingerprint density at radius 3 is 2.38 bits per heavy atom. The smallest absolute Gasteiger partial charge is 0.237 e. The van der Waals surface area contributed by atoms with E-state index in [0.29, 0.717) is 25.8 Å². The highest BCUT2D eigenvalue weighted by Crippen LogP contribution is 2.12. The van der Waals surface area contributed by atoms with Gasteiger partial charge in [-0.3, -0.25) is 4.79 Å². The average molecular weight is 230 g/mol. The molecule has 16 heavy (non-hydrogen) atoms. The molecule has 0 aliphatic heterocycles. The Kier molecular flexibility index (Phi) is 7.34. The van der Waals surface area contributed by atoms with Crippen molar-refractivity contribution in [2.75, 3.05) is 6.54 Å². The summed E-state index contributed by atoms with van der Waals surface area (Å²) >= 11 is 0. The Morgan fingerprint density at radius 1 is 1.38 bits per heavy atom. The normalized spacial score (nSPS) is 13.6. The zero-order valence-corrected chi connectivity index (χ0v) is 10.8. The number of hydrogen-bond donors (Lipinski definition) is 3. The van der Waals surface area contributed by atoms with Gasteiger partial charge in [-0.1, -0.05) is 33.6 Å². The fraction of sp³-hybridized carbons (Fsp3) is 0.917. The molecule has 4 N–H and O–H groups in total. The second-order valence-corrected chi connectivity index (χ2v) is 4.40. The second kappa shape index (κ2) is 7.63. The van der Waals surface area contributed by atoms with E-state index in [4.69, 9.17) is 5.73 Å².